The van der Waals surface area contributed by atoms with Gasteiger partial charge in [-0.15, -0.1) is 0 Å². The lowest BCUT2D eigenvalue weighted by molar-refractivity contribution is -0.125. The Bertz CT molecular complexity index is 798. The minimum absolute atomic E-state index is 0.0807. The van der Waals surface area contributed by atoms with Gasteiger partial charge in [-0.3, -0.25) is 9.59 Å². The number of rotatable bonds is 5. The fraction of sp³-hybridized carbons (Fsp3) is 0.200. The van der Waals surface area contributed by atoms with E-state index in [0.717, 1.165) is 21.2 Å². The second-order valence-electron chi connectivity index (χ2n) is 5.83. The molecule has 130 valence electrons. The third-order valence-corrected chi connectivity index (χ3v) is 4.49. The van der Waals surface area contributed by atoms with Crippen molar-refractivity contribution >= 4 is 33.8 Å². The summed E-state index contributed by atoms with van der Waals surface area (Å²) in [6.45, 7) is 2.50. The number of nitrogens with one attached hydrogen (secondary N) is 1. The van der Waals surface area contributed by atoms with Gasteiger partial charge in [-0.2, -0.15) is 0 Å². The van der Waals surface area contributed by atoms with Gasteiger partial charge in [0.1, 0.15) is 0 Å². The number of hydrogen-bond donors (Lipinski definition) is 1. The Morgan fingerprint density at radius 2 is 1.84 bits per heavy atom. The summed E-state index contributed by atoms with van der Waals surface area (Å²) in [4.78, 5) is 25.4. The minimum atomic E-state index is -0.123. The molecule has 2 aromatic carbocycles. The normalized spacial score (nSPS) is 10.7. The van der Waals surface area contributed by atoms with Gasteiger partial charge < -0.3 is 10.2 Å². The van der Waals surface area contributed by atoms with Gasteiger partial charge in [0.2, 0.25) is 5.91 Å². The van der Waals surface area contributed by atoms with Crippen molar-refractivity contribution in [3.05, 3.63) is 75.3 Å². The van der Waals surface area contributed by atoms with Crippen LogP contribution >= 0.6 is 15.9 Å². The van der Waals surface area contributed by atoms with Crippen molar-refractivity contribution in [1.29, 1.82) is 0 Å². The molecule has 0 atom stereocenters. The van der Waals surface area contributed by atoms with Crippen molar-refractivity contribution in [2.45, 2.75) is 13.5 Å². The van der Waals surface area contributed by atoms with Gasteiger partial charge in [0.15, 0.2) is 0 Å². The maximum Gasteiger partial charge on any atom is 0.251 e. The molecule has 1 N–H and O–H groups in total. The summed E-state index contributed by atoms with van der Waals surface area (Å²) < 4.78 is 0.962. The first-order chi connectivity index (χ1) is 11.9. The summed E-state index contributed by atoms with van der Waals surface area (Å²) in [6.07, 6.45) is 3.37. The molecule has 0 saturated heterocycles. The standard InChI is InChI=1S/C20H21BrN2O2/c1-14-4-7-16(18(21)12-14)10-11-19(24)23(3)13-15-5-8-17(9-6-15)20(25)22-2/h4-12H,13H2,1-3H3,(H,22,25)/b11-10+. The van der Waals surface area contributed by atoms with Crippen LogP contribution in [0.1, 0.15) is 27.0 Å². The molecule has 0 aromatic heterocycles. The molecular formula is C20H21BrN2O2. The van der Waals surface area contributed by atoms with Gasteiger partial charge in [0, 0.05) is 36.8 Å². The maximum atomic E-state index is 12.3. The van der Waals surface area contributed by atoms with Gasteiger partial charge >= 0.3 is 0 Å². The molecule has 4 nitrogen and oxygen atoms in total. The highest BCUT2D eigenvalue weighted by molar-refractivity contribution is 9.10. The first kappa shape index (κ1) is 18.9. The fourth-order valence-electron chi connectivity index (χ4n) is 2.31. The zero-order valence-corrected chi connectivity index (χ0v) is 16.1. The summed E-state index contributed by atoms with van der Waals surface area (Å²) in [5, 5.41) is 2.58. The topological polar surface area (TPSA) is 49.4 Å². The minimum Gasteiger partial charge on any atom is -0.355 e. The first-order valence-corrected chi connectivity index (χ1v) is 8.70. The van der Waals surface area contributed by atoms with E-state index < -0.39 is 0 Å². The maximum absolute atomic E-state index is 12.3. The largest absolute Gasteiger partial charge is 0.355 e. The predicted octanol–water partition coefficient (Wildman–Crippen LogP) is 3.79. The number of hydrogen-bond acceptors (Lipinski definition) is 2. The molecule has 0 heterocycles. The molecule has 0 aliphatic heterocycles. The molecule has 0 fully saturated rings. The Balaban J connectivity index is 2.00. The average Bonchev–Trinajstić information content (AvgIpc) is 2.60. The Hall–Kier alpha value is -2.40. The Kier molecular flexibility index (Phi) is 6.53. The Morgan fingerprint density at radius 1 is 1.16 bits per heavy atom. The number of likely N-dealkylation sites (N-methyl/N-ethyl adjacent to an activating group) is 1. The van der Waals surface area contributed by atoms with Crippen molar-refractivity contribution < 1.29 is 9.59 Å². The number of carbonyl (C=O) groups is 2. The quantitative estimate of drug-likeness (QED) is 0.776. The van der Waals surface area contributed by atoms with E-state index in [2.05, 4.69) is 21.2 Å². The van der Waals surface area contributed by atoms with Crippen molar-refractivity contribution in [3.8, 4) is 0 Å². The molecule has 0 radical (unpaired) electrons. The van der Waals surface area contributed by atoms with Crippen LogP contribution in [0.25, 0.3) is 6.08 Å². The van der Waals surface area contributed by atoms with Crippen LogP contribution in [0.2, 0.25) is 0 Å². The highest BCUT2D eigenvalue weighted by Gasteiger charge is 2.08. The lowest BCUT2D eigenvalue weighted by Crippen LogP contribution is -2.24. The molecule has 0 spiro atoms. The second-order valence-corrected chi connectivity index (χ2v) is 6.68. The van der Waals surface area contributed by atoms with Gasteiger partial charge in [-0.05, 0) is 47.9 Å². The van der Waals surface area contributed by atoms with E-state index in [9.17, 15) is 9.59 Å². The number of amides is 2. The van der Waals surface area contributed by atoms with Gasteiger partial charge in [-0.1, -0.05) is 40.2 Å². The molecule has 25 heavy (non-hydrogen) atoms. The molecule has 0 bridgehead atoms. The van der Waals surface area contributed by atoms with E-state index in [0.29, 0.717) is 12.1 Å². The number of nitrogens with zero attached hydrogens (tertiary/aromatic N) is 1. The Labute approximate surface area is 156 Å². The SMILES string of the molecule is CNC(=O)c1ccc(CN(C)C(=O)/C=C/c2ccc(C)cc2Br)cc1. The van der Waals surface area contributed by atoms with E-state index in [1.54, 1.807) is 43.3 Å². The van der Waals surface area contributed by atoms with Crippen molar-refractivity contribution in [2.75, 3.05) is 14.1 Å². The van der Waals surface area contributed by atoms with Crippen LogP contribution in [0.5, 0.6) is 0 Å². The predicted molar refractivity (Wildman–Crippen MR) is 104 cm³/mol. The summed E-state index contributed by atoms with van der Waals surface area (Å²) >= 11 is 3.50. The molecule has 0 aliphatic carbocycles. The fourth-order valence-corrected chi connectivity index (χ4v) is 2.94. The number of benzene rings is 2. The van der Waals surface area contributed by atoms with Crippen LogP contribution in [0.4, 0.5) is 0 Å². The number of aryl methyl sites for hydroxylation is 1. The van der Waals surface area contributed by atoms with Crippen LogP contribution in [0.3, 0.4) is 0 Å². The molecule has 5 heteroatoms. The summed E-state index contributed by atoms with van der Waals surface area (Å²) in [5.74, 6) is -0.203. The highest BCUT2D eigenvalue weighted by Crippen LogP contribution is 2.19. The third-order valence-electron chi connectivity index (χ3n) is 3.80. The molecular weight excluding hydrogens is 380 g/mol. The van der Waals surface area contributed by atoms with Gasteiger partial charge in [-0.25, -0.2) is 0 Å². The smallest absolute Gasteiger partial charge is 0.251 e. The molecule has 0 aliphatic rings. The second kappa shape index (κ2) is 8.62. The van der Waals surface area contributed by atoms with Gasteiger partial charge in [0.25, 0.3) is 5.91 Å². The molecule has 2 aromatic rings. The van der Waals surface area contributed by atoms with Crippen molar-refractivity contribution in [1.82, 2.24) is 10.2 Å². The van der Waals surface area contributed by atoms with E-state index >= 15 is 0 Å². The molecule has 0 saturated carbocycles. The van der Waals surface area contributed by atoms with Crippen LogP contribution in [-0.2, 0) is 11.3 Å². The first-order valence-electron chi connectivity index (χ1n) is 7.91. The molecule has 2 amide bonds. The zero-order valence-electron chi connectivity index (χ0n) is 14.5. The number of halogens is 1. The van der Waals surface area contributed by atoms with Crippen LogP contribution < -0.4 is 5.32 Å². The van der Waals surface area contributed by atoms with E-state index in [4.69, 9.17) is 0 Å². The van der Waals surface area contributed by atoms with Crippen molar-refractivity contribution in [3.63, 3.8) is 0 Å². The van der Waals surface area contributed by atoms with Gasteiger partial charge in [0.05, 0.1) is 0 Å². The zero-order chi connectivity index (χ0) is 18.4. The third kappa shape index (κ3) is 5.29. The lowest BCUT2D eigenvalue weighted by atomic mass is 10.1. The van der Waals surface area contributed by atoms with Crippen LogP contribution in [-0.4, -0.2) is 30.8 Å². The molecule has 2 rings (SSSR count). The van der Waals surface area contributed by atoms with Crippen LogP contribution in [0, 0.1) is 6.92 Å². The Morgan fingerprint density at radius 3 is 2.44 bits per heavy atom. The molecule has 0 unspecified atom stereocenters. The van der Waals surface area contributed by atoms with E-state index in [-0.39, 0.29) is 11.8 Å². The number of carbonyl (C=O) groups excluding carboxylic acids is 2. The van der Waals surface area contributed by atoms with Crippen LogP contribution in [0.15, 0.2) is 53.0 Å². The van der Waals surface area contributed by atoms with E-state index in [1.165, 1.54) is 0 Å². The summed E-state index contributed by atoms with van der Waals surface area (Å²) in [5.41, 5.74) is 3.69. The average molecular weight is 401 g/mol. The van der Waals surface area contributed by atoms with Crippen molar-refractivity contribution in [2.24, 2.45) is 0 Å². The monoisotopic (exact) mass is 400 g/mol. The summed E-state index contributed by atoms with van der Waals surface area (Å²) in [7, 11) is 3.35. The highest BCUT2D eigenvalue weighted by atomic mass is 79.9. The van der Waals surface area contributed by atoms with E-state index in [1.807, 2.05) is 37.3 Å². The summed E-state index contributed by atoms with van der Waals surface area (Å²) in [6, 6.07) is 13.2. The lowest BCUT2D eigenvalue weighted by Gasteiger charge is -2.15.